The molecular formula is C5H9NO5S. The van der Waals surface area contributed by atoms with Crippen molar-refractivity contribution in [3.05, 3.63) is 12.2 Å². The van der Waals surface area contributed by atoms with Gasteiger partial charge in [0.1, 0.15) is 0 Å². The van der Waals surface area contributed by atoms with Gasteiger partial charge in [0, 0.05) is 5.57 Å². The second-order valence-corrected chi connectivity index (χ2v) is 3.62. The highest BCUT2D eigenvalue weighted by Gasteiger charge is 2.05. The molecule has 0 aromatic heterocycles. The molecule has 0 fully saturated rings. The smallest absolute Gasteiger partial charge is 0.340 e. The molecule has 0 saturated carbocycles. The van der Waals surface area contributed by atoms with Crippen molar-refractivity contribution in [2.24, 2.45) is 0 Å². The Bertz CT molecular complexity index is 280. The lowest BCUT2D eigenvalue weighted by molar-refractivity contribution is -0.164. The Morgan fingerprint density at radius 2 is 2.00 bits per heavy atom. The summed E-state index contributed by atoms with van der Waals surface area (Å²) in [5.41, 5.74) is 1.63. The maximum Gasteiger partial charge on any atom is 0.354 e. The van der Waals surface area contributed by atoms with Gasteiger partial charge in [-0.2, -0.15) is 8.42 Å². The van der Waals surface area contributed by atoms with E-state index in [1.54, 1.807) is 0 Å². The zero-order valence-electron chi connectivity index (χ0n) is 6.66. The minimum atomic E-state index is -3.66. The Labute approximate surface area is 70.2 Å². The Kier molecular flexibility index (Phi) is 3.87. The number of carbonyl (C=O) groups is 1. The van der Waals surface area contributed by atoms with Gasteiger partial charge >= 0.3 is 5.97 Å². The summed E-state index contributed by atoms with van der Waals surface area (Å²) in [5, 5.41) is 0. The van der Waals surface area contributed by atoms with Gasteiger partial charge in [-0.3, -0.25) is 0 Å². The number of rotatable bonds is 4. The van der Waals surface area contributed by atoms with Crippen molar-refractivity contribution in [2.75, 3.05) is 6.26 Å². The summed E-state index contributed by atoms with van der Waals surface area (Å²) in [4.78, 5) is 14.7. The molecule has 0 saturated heterocycles. The molecule has 7 heteroatoms. The lowest BCUT2D eigenvalue weighted by Crippen LogP contribution is -2.23. The molecule has 0 spiro atoms. The number of nitrogens with one attached hydrogen (secondary N) is 1. The third kappa shape index (κ3) is 5.83. The SMILES string of the molecule is C=C(C)C(=O)ONOS(C)(=O)=O. The zero-order valence-corrected chi connectivity index (χ0v) is 7.47. The summed E-state index contributed by atoms with van der Waals surface area (Å²) < 4.78 is 24.5. The van der Waals surface area contributed by atoms with Crippen molar-refractivity contribution in [2.45, 2.75) is 6.92 Å². The molecule has 1 N–H and O–H groups in total. The first-order valence-corrected chi connectivity index (χ1v) is 4.64. The molecule has 70 valence electrons. The van der Waals surface area contributed by atoms with E-state index in [-0.39, 0.29) is 5.57 Å². The highest BCUT2D eigenvalue weighted by Crippen LogP contribution is 1.89. The molecule has 0 bridgehead atoms. The second kappa shape index (κ2) is 4.19. The summed E-state index contributed by atoms with van der Waals surface area (Å²) >= 11 is 0. The molecule has 12 heavy (non-hydrogen) atoms. The van der Waals surface area contributed by atoms with Gasteiger partial charge in [-0.15, -0.1) is 4.28 Å². The first-order valence-electron chi connectivity index (χ1n) is 2.83. The summed E-state index contributed by atoms with van der Waals surface area (Å²) in [6.07, 6.45) is 0.800. The minimum Gasteiger partial charge on any atom is -0.340 e. The number of carbonyl (C=O) groups excluding carboxylic acids is 1. The monoisotopic (exact) mass is 195 g/mol. The Morgan fingerprint density at radius 1 is 1.50 bits per heavy atom. The molecule has 0 aliphatic rings. The molecule has 0 amide bonds. The van der Waals surface area contributed by atoms with E-state index in [1.807, 2.05) is 0 Å². The second-order valence-electron chi connectivity index (χ2n) is 2.04. The van der Waals surface area contributed by atoms with Gasteiger partial charge in [0.05, 0.1) is 6.26 Å². The van der Waals surface area contributed by atoms with E-state index >= 15 is 0 Å². The van der Waals surface area contributed by atoms with Gasteiger partial charge in [-0.05, 0) is 12.6 Å². The predicted molar refractivity (Wildman–Crippen MR) is 40.0 cm³/mol. The van der Waals surface area contributed by atoms with E-state index < -0.39 is 16.1 Å². The van der Waals surface area contributed by atoms with Crippen LogP contribution < -0.4 is 5.64 Å². The van der Waals surface area contributed by atoms with Crippen LogP contribution in [0.15, 0.2) is 12.2 Å². The van der Waals surface area contributed by atoms with Crippen LogP contribution in [0.5, 0.6) is 0 Å². The average Bonchev–Trinajstić information content (AvgIpc) is 1.84. The molecule has 6 nitrogen and oxygen atoms in total. The first-order chi connectivity index (χ1) is 5.33. The molecule has 0 aliphatic heterocycles. The lowest BCUT2D eigenvalue weighted by atomic mass is 10.4. The van der Waals surface area contributed by atoms with Crippen LogP contribution in [-0.2, 0) is 24.0 Å². The predicted octanol–water partition coefficient (Wildman–Crippen LogP) is -0.498. The molecule has 0 heterocycles. The first kappa shape index (κ1) is 11.1. The topological polar surface area (TPSA) is 81.7 Å². The van der Waals surface area contributed by atoms with Crippen molar-refractivity contribution < 1.29 is 22.3 Å². The fraction of sp³-hybridized carbons (Fsp3) is 0.400. The molecule has 0 unspecified atom stereocenters. The van der Waals surface area contributed by atoms with E-state index in [4.69, 9.17) is 0 Å². The summed E-state index contributed by atoms with van der Waals surface area (Å²) in [6, 6.07) is 0. The van der Waals surface area contributed by atoms with Crippen LogP contribution in [0, 0.1) is 0 Å². The lowest BCUT2D eigenvalue weighted by Gasteiger charge is -2.02. The van der Waals surface area contributed by atoms with Crippen molar-refractivity contribution in [3.8, 4) is 0 Å². The molecule has 0 atom stereocenters. The quantitative estimate of drug-likeness (QED) is 0.481. The fourth-order valence-corrected chi connectivity index (χ4v) is 0.361. The van der Waals surface area contributed by atoms with Crippen molar-refractivity contribution in [1.29, 1.82) is 0 Å². The van der Waals surface area contributed by atoms with Crippen molar-refractivity contribution in [1.82, 2.24) is 5.64 Å². The van der Waals surface area contributed by atoms with Crippen molar-refractivity contribution in [3.63, 3.8) is 0 Å². The maximum atomic E-state index is 10.6. The molecule has 0 radical (unpaired) electrons. The molecule has 0 aliphatic carbocycles. The van der Waals surface area contributed by atoms with E-state index in [1.165, 1.54) is 12.6 Å². The van der Waals surface area contributed by atoms with Gasteiger partial charge in [0.15, 0.2) is 0 Å². The highest BCUT2D eigenvalue weighted by molar-refractivity contribution is 7.85. The Hall–Kier alpha value is -0.920. The van der Waals surface area contributed by atoms with Crippen LogP contribution in [0.1, 0.15) is 6.92 Å². The third-order valence-electron chi connectivity index (χ3n) is 0.668. The Balaban J connectivity index is 3.73. The van der Waals surface area contributed by atoms with E-state index in [0.29, 0.717) is 0 Å². The van der Waals surface area contributed by atoms with E-state index in [9.17, 15) is 13.2 Å². The zero-order chi connectivity index (χ0) is 9.78. The summed E-state index contributed by atoms with van der Waals surface area (Å²) in [6.45, 7) is 4.66. The van der Waals surface area contributed by atoms with Gasteiger partial charge < -0.3 is 4.84 Å². The largest absolute Gasteiger partial charge is 0.354 e. The minimum absolute atomic E-state index is 0.125. The van der Waals surface area contributed by atoms with Gasteiger partial charge in [-0.1, -0.05) is 6.58 Å². The summed E-state index contributed by atoms with van der Waals surface area (Å²) in [7, 11) is -3.66. The average molecular weight is 195 g/mol. The molecule has 0 aromatic carbocycles. The standard InChI is InChI=1S/C5H9NO5S/c1-4(2)5(7)10-6-11-12(3,8)9/h6H,1H2,2-3H3. The summed E-state index contributed by atoms with van der Waals surface area (Å²) in [5.74, 6) is -0.793. The fourth-order valence-electron chi connectivity index (χ4n) is 0.204. The van der Waals surface area contributed by atoms with Crippen LogP contribution >= 0.6 is 0 Å². The van der Waals surface area contributed by atoms with Crippen LogP contribution in [0.3, 0.4) is 0 Å². The van der Waals surface area contributed by atoms with Gasteiger partial charge in [0.2, 0.25) is 0 Å². The van der Waals surface area contributed by atoms with Gasteiger partial charge in [-0.25, -0.2) is 4.79 Å². The number of hydrogen-bond acceptors (Lipinski definition) is 6. The normalized spacial score (nSPS) is 10.8. The van der Waals surface area contributed by atoms with E-state index in [2.05, 4.69) is 15.7 Å². The molecular weight excluding hydrogens is 186 g/mol. The molecule has 0 aromatic rings. The van der Waals surface area contributed by atoms with Crippen LogP contribution in [0.2, 0.25) is 0 Å². The molecule has 0 rings (SSSR count). The van der Waals surface area contributed by atoms with Crippen LogP contribution in [0.4, 0.5) is 0 Å². The van der Waals surface area contributed by atoms with Crippen LogP contribution in [-0.4, -0.2) is 20.6 Å². The highest BCUT2D eigenvalue weighted by atomic mass is 32.2. The Morgan fingerprint density at radius 3 is 2.33 bits per heavy atom. The third-order valence-corrected chi connectivity index (χ3v) is 1.04. The van der Waals surface area contributed by atoms with Crippen molar-refractivity contribution >= 4 is 16.1 Å². The van der Waals surface area contributed by atoms with Gasteiger partial charge in [0.25, 0.3) is 10.1 Å². The maximum absolute atomic E-state index is 10.6. The number of hydrogen-bond donors (Lipinski definition) is 1. The van der Waals surface area contributed by atoms with E-state index in [0.717, 1.165) is 6.26 Å². The van der Waals surface area contributed by atoms with Crippen LogP contribution in [0.25, 0.3) is 0 Å².